The zero-order valence-electron chi connectivity index (χ0n) is 15.3. The summed E-state index contributed by atoms with van der Waals surface area (Å²) < 4.78 is 25.6. The number of rotatable bonds is 7. The molecule has 0 aliphatic heterocycles. The summed E-state index contributed by atoms with van der Waals surface area (Å²) in [4.78, 5) is 0. The molecule has 3 aromatic rings. The maximum absolute atomic E-state index is 13.1. The molecule has 140 valence electrons. The monoisotopic (exact) mass is 429 g/mol. The number of aryl methyl sites for hydroxylation is 1. The number of hydrogen-bond acceptors (Lipinski definition) is 3. The molecule has 0 heterocycles. The molecule has 0 spiro atoms. The lowest BCUT2D eigenvalue weighted by atomic mass is 10.1. The van der Waals surface area contributed by atoms with E-state index < -0.39 is 0 Å². The second-order valence-corrected chi connectivity index (χ2v) is 7.05. The van der Waals surface area contributed by atoms with E-state index in [9.17, 15) is 4.39 Å². The van der Waals surface area contributed by atoms with Crippen molar-refractivity contribution in [1.82, 2.24) is 0 Å². The van der Waals surface area contributed by atoms with Gasteiger partial charge in [-0.3, -0.25) is 0 Å². The molecule has 0 saturated heterocycles. The summed E-state index contributed by atoms with van der Waals surface area (Å²) in [5, 5.41) is 3.29. The van der Waals surface area contributed by atoms with Gasteiger partial charge in [-0.25, -0.2) is 4.39 Å². The maximum Gasteiger partial charge on any atom is 0.167 e. The van der Waals surface area contributed by atoms with Gasteiger partial charge in [-0.05, 0) is 48.9 Å². The van der Waals surface area contributed by atoms with E-state index in [4.69, 9.17) is 9.47 Å². The Morgan fingerprint density at radius 3 is 2.33 bits per heavy atom. The normalized spacial score (nSPS) is 10.5. The summed E-state index contributed by atoms with van der Waals surface area (Å²) in [6, 6.07) is 18.3. The van der Waals surface area contributed by atoms with E-state index in [2.05, 4.69) is 52.4 Å². The van der Waals surface area contributed by atoms with Crippen LogP contribution in [0.2, 0.25) is 0 Å². The third-order valence-corrected chi connectivity index (χ3v) is 4.95. The van der Waals surface area contributed by atoms with Gasteiger partial charge in [0.1, 0.15) is 12.4 Å². The van der Waals surface area contributed by atoms with Crippen LogP contribution in [-0.2, 0) is 13.2 Å². The summed E-state index contributed by atoms with van der Waals surface area (Å²) in [5.41, 5.74) is 4.06. The minimum atomic E-state index is -0.259. The van der Waals surface area contributed by atoms with Crippen LogP contribution in [0.15, 0.2) is 65.1 Å². The molecule has 27 heavy (non-hydrogen) atoms. The van der Waals surface area contributed by atoms with Gasteiger partial charge in [-0.2, -0.15) is 0 Å². The van der Waals surface area contributed by atoms with Crippen molar-refractivity contribution in [1.29, 1.82) is 0 Å². The van der Waals surface area contributed by atoms with Crippen LogP contribution in [0.1, 0.15) is 16.7 Å². The van der Waals surface area contributed by atoms with Gasteiger partial charge in [0.2, 0.25) is 0 Å². The first kappa shape index (κ1) is 19.2. The van der Waals surface area contributed by atoms with E-state index in [0.29, 0.717) is 24.7 Å². The zero-order valence-corrected chi connectivity index (χ0v) is 16.8. The lowest BCUT2D eigenvalue weighted by molar-refractivity contribution is 0.281. The average molecular weight is 430 g/mol. The van der Waals surface area contributed by atoms with Crippen LogP contribution in [0.3, 0.4) is 0 Å². The molecule has 0 aromatic heterocycles. The van der Waals surface area contributed by atoms with Crippen LogP contribution < -0.4 is 14.8 Å². The Balaban J connectivity index is 1.81. The van der Waals surface area contributed by atoms with Crippen LogP contribution >= 0.6 is 15.9 Å². The summed E-state index contributed by atoms with van der Waals surface area (Å²) in [5.74, 6) is 1.09. The molecule has 0 bridgehead atoms. The quantitative estimate of drug-likeness (QED) is 0.492. The second kappa shape index (κ2) is 8.91. The van der Waals surface area contributed by atoms with E-state index in [1.165, 1.54) is 17.7 Å². The highest BCUT2D eigenvalue weighted by Crippen LogP contribution is 2.37. The molecular formula is C22H21BrFNO2. The van der Waals surface area contributed by atoms with E-state index >= 15 is 0 Å². The lowest BCUT2D eigenvalue weighted by Gasteiger charge is -2.18. The fourth-order valence-electron chi connectivity index (χ4n) is 2.66. The summed E-state index contributed by atoms with van der Waals surface area (Å²) in [6.07, 6.45) is 0. The standard InChI is InChI=1S/C22H21BrFNO2/c1-15-3-5-16(6-4-15)14-27-22-19(20(23)11-12-21(22)26-2)13-25-18-9-7-17(24)8-10-18/h3-12,25H,13-14H2,1-2H3. The third kappa shape index (κ3) is 5.01. The molecule has 0 aliphatic carbocycles. The molecule has 3 nitrogen and oxygen atoms in total. The lowest BCUT2D eigenvalue weighted by Crippen LogP contribution is -2.06. The molecular weight excluding hydrogens is 409 g/mol. The number of methoxy groups -OCH3 is 1. The number of anilines is 1. The first-order valence-corrected chi connectivity index (χ1v) is 9.39. The Bertz CT molecular complexity index is 895. The average Bonchev–Trinajstić information content (AvgIpc) is 2.68. The third-order valence-electron chi connectivity index (χ3n) is 4.20. The Labute approximate surface area is 167 Å². The Morgan fingerprint density at radius 1 is 0.963 bits per heavy atom. The maximum atomic E-state index is 13.1. The molecule has 0 saturated carbocycles. The molecule has 0 unspecified atom stereocenters. The van der Waals surface area contributed by atoms with Crippen molar-refractivity contribution < 1.29 is 13.9 Å². The molecule has 0 atom stereocenters. The Kier molecular flexibility index (Phi) is 6.35. The SMILES string of the molecule is COc1ccc(Br)c(CNc2ccc(F)cc2)c1OCc1ccc(C)cc1. The van der Waals surface area contributed by atoms with Crippen molar-refractivity contribution in [2.75, 3.05) is 12.4 Å². The van der Waals surface area contributed by atoms with Crippen molar-refractivity contribution in [3.05, 3.63) is 87.6 Å². The van der Waals surface area contributed by atoms with Crippen LogP contribution in [0.4, 0.5) is 10.1 Å². The number of nitrogens with one attached hydrogen (secondary N) is 1. The van der Waals surface area contributed by atoms with E-state index in [1.807, 2.05) is 12.1 Å². The van der Waals surface area contributed by atoms with Crippen molar-refractivity contribution in [2.24, 2.45) is 0 Å². The van der Waals surface area contributed by atoms with Gasteiger partial charge in [-0.15, -0.1) is 0 Å². The highest BCUT2D eigenvalue weighted by Gasteiger charge is 2.15. The summed E-state index contributed by atoms with van der Waals surface area (Å²) in [6.45, 7) is 3.00. The second-order valence-electron chi connectivity index (χ2n) is 6.19. The van der Waals surface area contributed by atoms with E-state index in [1.54, 1.807) is 19.2 Å². The summed E-state index contributed by atoms with van der Waals surface area (Å²) in [7, 11) is 1.62. The van der Waals surface area contributed by atoms with Crippen LogP contribution in [-0.4, -0.2) is 7.11 Å². The molecule has 5 heteroatoms. The van der Waals surface area contributed by atoms with Gasteiger partial charge < -0.3 is 14.8 Å². The fourth-order valence-corrected chi connectivity index (χ4v) is 3.12. The van der Waals surface area contributed by atoms with Crippen molar-refractivity contribution >= 4 is 21.6 Å². The van der Waals surface area contributed by atoms with Crippen molar-refractivity contribution in [2.45, 2.75) is 20.1 Å². The van der Waals surface area contributed by atoms with E-state index in [-0.39, 0.29) is 5.82 Å². The van der Waals surface area contributed by atoms with Gasteiger partial charge in [0.15, 0.2) is 11.5 Å². The predicted molar refractivity (Wildman–Crippen MR) is 110 cm³/mol. The molecule has 3 aromatic carbocycles. The minimum Gasteiger partial charge on any atom is -0.493 e. The first-order chi connectivity index (χ1) is 13.1. The van der Waals surface area contributed by atoms with Gasteiger partial charge in [0.25, 0.3) is 0 Å². The predicted octanol–water partition coefficient (Wildman–Crippen LogP) is 6.10. The fraction of sp³-hybridized carbons (Fsp3) is 0.182. The molecule has 0 radical (unpaired) electrons. The molecule has 1 N–H and O–H groups in total. The first-order valence-electron chi connectivity index (χ1n) is 8.60. The highest BCUT2D eigenvalue weighted by molar-refractivity contribution is 9.10. The van der Waals surface area contributed by atoms with Gasteiger partial charge >= 0.3 is 0 Å². The molecule has 0 amide bonds. The van der Waals surface area contributed by atoms with Crippen LogP contribution in [0.5, 0.6) is 11.5 Å². The number of hydrogen-bond donors (Lipinski definition) is 1. The molecule has 3 rings (SSSR count). The number of halogens is 2. The van der Waals surface area contributed by atoms with Crippen LogP contribution in [0.25, 0.3) is 0 Å². The smallest absolute Gasteiger partial charge is 0.167 e. The molecule has 0 aliphatic rings. The minimum absolute atomic E-state index is 0.259. The highest BCUT2D eigenvalue weighted by atomic mass is 79.9. The van der Waals surface area contributed by atoms with E-state index in [0.717, 1.165) is 21.3 Å². The zero-order chi connectivity index (χ0) is 19.2. The summed E-state index contributed by atoms with van der Waals surface area (Å²) >= 11 is 3.60. The van der Waals surface area contributed by atoms with Crippen LogP contribution in [0, 0.1) is 12.7 Å². The largest absolute Gasteiger partial charge is 0.493 e. The Morgan fingerprint density at radius 2 is 1.67 bits per heavy atom. The number of ether oxygens (including phenoxy) is 2. The van der Waals surface area contributed by atoms with Gasteiger partial charge in [0.05, 0.1) is 7.11 Å². The van der Waals surface area contributed by atoms with Gasteiger partial charge in [-0.1, -0.05) is 45.8 Å². The van der Waals surface area contributed by atoms with Crippen molar-refractivity contribution in [3.63, 3.8) is 0 Å². The Hall–Kier alpha value is -2.53. The number of benzene rings is 3. The molecule has 0 fully saturated rings. The van der Waals surface area contributed by atoms with Gasteiger partial charge in [0, 0.05) is 22.3 Å². The topological polar surface area (TPSA) is 30.5 Å². The van der Waals surface area contributed by atoms with Crippen molar-refractivity contribution in [3.8, 4) is 11.5 Å².